The highest BCUT2D eigenvalue weighted by Crippen LogP contribution is 2.36. The number of hydrogen-bond donors (Lipinski definition) is 3. The molecule has 4 rings (SSSR count). The van der Waals surface area contributed by atoms with Gasteiger partial charge in [-0.1, -0.05) is 13.8 Å². The number of rotatable bonds is 2. The molecule has 3 aromatic rings. The van der Waals surface area contributed by atoms with Crippen molar-refractivity contribution in [3.63, 3.8) is 0 Å². The van der Waals surface area contributed by atoms with Gasteiger partial charge in [0.25, 0.3) is 5.91 Å². The van der Waals surface area contributed by atoms with E-state index >= 15 is 0 Å². The van der Waals surface area contributed by atoms with Crippen LogP contribution in [0.5, 0.6) is 0 Å². The van der Waals surface area contributed by atoms with Crippen LogP contribution in [0, 0.1) is 12.3 Å². The van der Waals surface area contributed by atoms with E-state index in [4.69, 9.17) is 4.42 Å². The van der Waals surface area contributed by atoms with Crippen LogP contribution in [0.4, 0.5) is 5.69 Å². The first-order valence-electron chi connectivity index (χ1n) is 8.42. The van der Waals surface area contributed by atoms with E-state index < -0.39 is 5.76 Å². The van der Waals surface area contributed by atoms with E-state index in [-0.39, 0.29) is 17.1 Å². The van der Waals surface area contributed by atoms with Gasteiger partial charge in [0.2, 0.25) is 0 Å². The van der Waals surface area contributed by atoms with Crippen molar-refractivity contribution in [3.8, 4) is 0 Å². The number of amides is 1. The predicted molar refractivity (Wildman–Crippen MR) is 96.8 cm³/mol. The van der Waals surface area contributed by atoms with Gasteiger partial charge < -0.3 is 14.7 Å². The van der Waals surface area contributed by atoms with Crippen molar-refractivity contribution in [2.75, 3.05) is 5.32 Å². The summed E-state index contributed by atoms with van der Waals surface area (Å²) in [5.74, 6) is -0.799. The molecule has 0 aliphatic heterocycles. The fourth-order valence-electron chi connectivity index (χ4n) is 3.68. The molecule has 26 heavy (non-hydrogen) atoms. The van der Waals surface area contributed by atoms with Crippen LogP contribution in [-0.4, -0.2) is 21.7 Å². The van der Waals surface area contributed by atoms with Gasteiger partial charge in [-0.3, -0.25) is 14.6 Å². The Morgan fingerprint density at radius 3 is 2.73 bits per heavy atom. The van der Waals surface area contributed by atoms with Gasteiger partial charge >= 0.3 is 5.76 Å². The summed E-state index contributed by atoms with van der Waals surface area (Å²) in [6.07, 6.45) is 1.20. The van der Waals surface area contributed by atoms with Crippen molar-refractivity contribution in [3.05, 3.63) is 51.3 Å². The molecule has 0 saturated carbocycles. The van der Waals surface area contributed by atoms with Gasteiger partial charge in [0.05, 0.1) is 5.52 Å². The summed E-state index contributed by atoms with van der Waals surface area (Å²) >= 11 is 0. The number of carbonyl (C=O) groups excluding carboxylic acids is 2. The number of anilines is 1. The minimum atomic E-state index is -0.544. The van der Waals surface area contributed by atoms with E-state index in [1.54, 1.807) is 25.1 Å². The van der Waals surface area contributed by atoms with Crippen LogP contribution in [0.3, 0.4) is 0 Å². The molecule has 1 amide bonds. The van der Waals surface area contributed by atoms with Gasteiger partial charge in [0.1, 0.15) is 5.69 Å². The normalized spacial score (nSPS) is 15.9. The van der Waals surface area contributed by atoms with Crippen molar-refractivity contribution in [2.24, 2.45) is 5.41 Å². The molecule has 7 heteroatoms. The van der Waals surface area contributed by atoms with Crippen molar-refractivity contribution in [1.29, 1.82) is 0 Å². The molecule has 7 nitrogen and oxygen atoms in total. The summed E-state index contributed by atoms with van der Waals surface area (Å²) in [6.45, 7) is 5.88. The summed E-state index contributed by atoms with van der Waals surface area (Å²) in [6, 6.07) is 4.90. The first-order valence-corrected chi connectivity index (χ1v) is 8.42. The topological polar surface area (TPSA) is 108 Å². The average Bonchev–Trinajstić information content (AvgIpc) is 3.04. The van der Waals surface area contributed by atoms with E-state index in [2.05, 4.69) is 15.3 Å². The molecule has 1 aromatic carbocycles. The lowest BCUT2D eigenvalue weighted by molar-refractivity contribution is 0.0910. The third-order valence-corrected chi connectivity index (χ3v) is 4.80. The fraction of sp³-hybridized carbons (Fsp3) is 0.316. The second-order valence-electron chi connectivity index (χ2n) is 7.60. The fourth-order valence-corrected chi connectivity index (χ4v) is 3.68. The number of hydrogen-bond acceptors (Lipinski definition) is 4. The maximum absolute atomic E-state index is 12.7. The maximum atomic E-state index is 12.7. The molecule has 0 atom stereocenters. The Hall–Kier alpha value is -3.09. The van der Waals surface area contributed by atoms with Crippen LogP contribution < -0.4 is 11.1 Å². The van der Waals surface area contributed by atoms with Crippen LogP contribution in [0.2, 0.25) is 0 Å². The van der Waals surface area contributed by atoms with E-state index in [9.17, 15) is 14.4 Å². The van der Waals surface area contributed by atoms with E-state index in [0.29, 0.717) is 40.0 Å². The Morgan fingerprint density at radius 2 is 1.96 bits per heavy atom. The van der Waals surface area contributed by atoms with Crippen molar-refractivity contribution >= 4 is 28.5 Å². The number of benzene rings is 1. The number of oxazole rings is 1. The van der Waals surface area contributed by atoms with Crippen molar-refractivity contribution in [1.82, 2.24) is 9.97 Å². The molecule has 0 radical (unpaired) electrons. The zero-order valence-corrected chi connectivity index (χ0v) is 14.8. The summed E-state index contributed by atoms with van der Waals surface area (Å²) in [5.41, 5.74) is 3.87. The molecule has 0 bridgehead atoms. The van der Waals surface area contributed by atoms with Gasteiger partial charge in [0, 0.05) is 23.4 Å². The van der Waals surface area contributed by atoms with Crippen LogP contribution in [0.15, 0.2) is 27.4 Å². The Bertz CT molecular complexity index is 1110. The largest absolute Gasteiger partial charge is 0.417 e. The molecule has 2 aromatic heterocycles. The number of nitrogens with one attached hydrogen (secondary N) is 3. The summed E-state index contributed by atoms with van der Waals surface area (Å²) in [7, 11) is 0. The van der Waals surface area contributed by atoms with Crippen LogP contribution in [0.25, 0.3) is 11.1 Å². The minimum absolute atomic E-state index is 0.0708. The minimum Gasteiger partial charge on any atom is -0.408 e. The Morgan fingerprint density at radius 1 is 1.19 bits per heavy atom. The number of ketones is 1. The zero-order chi connectivity index (χ0) is 18.6. The third-order valence-electron chi connectivity index (χ3n) is 4.80. The molecule has 0 spiro atoms. The molecule has 1 aliphatic carbocycles. The molecule has 0 saturated heterocycles. The van der Waals surface area contributed by atoms with E-state index in [0.717, 1.165) is 12.1 Å². The lowest BCUT2D eigenvalue weighted by atomic mass is 9.75. The lowest BCUT2D eigenvalue weighted by Gasteiger charge is -2.28. The van der Waals surface area contributed by atoms with Crippen LogP contribution in [-0.2, 0) is 6.42 Å². The summed E-state index contributed by atoms with van der Waals surface area (Å²) in [4.78, 5) is 42.1. The monoisotopic (exact) mass is 353 g/mol. The molecule has 0 fully saturated rings. The lowest BCUT2D eigenvalue weighted by Crippen LogP contribution is -2.26. The molecular weight excluding hydrogens is 334 g/mol. The Labute approximate surface area is 148 Å². The number of Topliss-reactive ketones (excluding diaryl/α,β-unsaturated/α-hetero) is 1. The number of aromatic amines is 2. The Balaban J connectivity index is 1.66. The number of aromatic nitrogens is 2. The SMILES string of the molecule is Cc1c(C(=O)Nc2ccc3oc(=O)[nH]c3c2)[nH]c2c1C(=O)CC(C)(C)C2. The molecule has 1 aliphatic rings. The zero-order valence-electron chi connectivity index (χ0n) is 14.8. The first-order chi connectivity index (χ1) is 12.2. The summed E-state index contributed by atoms with van der Waals surface area (Å²) < 4.78 is 4.95. The second kappa shape index (κ2) is 5.45. The number of H-pyrrole nitrogens is 2. The Kier molecular flexibility index (Phi) is 3.44. The third kappa shape index (κ3) is 2.65. The maximum Gasteiger partial charge on any atom is 0.417 e. The van der Waals surface area contributed by atoms with Gasteiger partial charge in [-0.05, 0) is 42.5 Å². The second-order valence-corrected chi connectivity index (χ2v) is 7.60. The van der Waals surface area contributed by atoms with Crippen molar-refractivity contribution < 1.29 is 14.0 Å². The standard InChI is InChI=1S/C19H19N3O4/c1-9-15-12(7-19(2,3)8-13(15)23)21-16(9)17(24)20-10-4-5-14-11(6-10)22-18(25)26-14/h4-6,21H,7-8H2,1-3H3,(H,20,24)(H,22,25). The quantitative estimate of drug-likeness (QED) is 0.657. The molecule has 3 N–H and O–H groups in total. The highest BCUT2D eigenvalue weighted by atomic mass is 16.4. The summed E-state index contributed by atoms with van der Waals surface area (Å²) in [5, 5.41) is 2.80. The van der Waals surface area contributed by atoms with Gasteiger partial charge in [-0.15, -0.1) is 0 Å². The van der Waals surface area contributed by atoms with E-state index in [1.165, 1.54) is 0 Å². The van der Waals surface area contributed by atoms with Crippen LogP contribution in [0.1, 0.15) is 52.4 Å². The molecular formula is C19H19N3O4. The highest BCUT2D eigenvalue weighted by molar-refractivity contribution is 6.09. The van der Waals surface area contributed by atoms with Crippen LogP contribution >= 0.6 is 0 Å². The van der Waals surface area contributed by atoms with E-state index in [1.807, 2.05) is 13.8 Å². The predicted octanol–water partition coefficient (Wildman–Crippen LogP) is 3.17. The van der Waals surface area contributed by atoms with Crippen molar-refractivity contribution in [2.45, 2.75) is 33.6 Å². The smallest absolute Gasteiger partial charge is 0.408 e. The highest BCUT2D eigenvalue weighted by Gasteiger charge is 2.35. The van der Waals surface area contributed by atoms with Gasteiger partial charge in [-0.2, -0.15) is 0 Å². The number of fused-ring (bicyclic) bond motifs is 2. The number of carbonyl (C=O) groups is 2. The molecule has 134 valence electrons. The van der Waals surface area contributed by atoms with Gasteiger partial charge in [0.15, 0.2) is 11.4 Å². The van der Waals surface area contributed by atoms with Gasteiger partial charge in [-0.25, -0.2) is 4.79 Å². The average molecular weight is 353 g/mol. The molecule has 0 unspecified atom stereocenters. The first kappa shape index (κ1) is 16.4. The molecule has 2 heterocycles.